The van der Waals surface area contributed by atoms with Crippen molar-refractivity contribution in [3.8, 4) is 0 Å². The molecule has 13 heavy (non-hydrogen) atoms. The number of thiophene rings is 1. The van der Waals surface area contributed by atoms with E-state index < -0.39 is 0 Å². The Morgan fingerprint density at radius 2 is 2.38 bits per heavy atom. The van der Waals surface area contributed by atoms with Gasteiger partial charge in [-0.1, -0.05) is 0 Å². The Morgan fingerprint density at radius 1 is 1.69 bits per heavy atom. The van der Waals surface area contributed by atoms with Gasteiger partial charge in [0.1, 0.15) is 0 Å². The van der Waals surface area contributed by atoms with Crippen molar-refractivity contribution in [2.75, 3.05) is 0 Å². The Morgan fingerprint density at radius 3 is 2.85 bits per heavy atom. The van der Waals surface area contributed by atoms with E-state index in [4.69, 9.17) is 5.41 Å². The number of nitrogens with one attached hydrogen (secondary N) is 2. The molecule has 70 valence electrons. The van der Waals surface area contributed by atoms with Gasteiger partial charge in [0.05, 0.1) is 6.04 Å². The van der Waals surface area contributed by atoms with Crippen LogP contribution in [0.1, 0.15) is 29.6 Å². The van der Waals surface area contributed by atoms with E-state index in [-0.39, 0.29) is 6.04 Å². The first-order chi connectivity index (χ1) is 6.15. The van der Waals surface area contributed by atoms with E-state index in [2.05, 4.69) is 5.32 Å². The molecule has 0 aliphatic carbocycles. The van der Waals surface area contributed by atoms with Gasteiger partial charge in [0, 0.05) is 15.5 Å². The number of carbonyl (C=O) groups excluding carboxylic acids is 1. The molecule has 2 N–H and O–H groups in total. The van der Waals surface area contributed by atoms with E-state index in [0.29, 0.717) is 12.1 Å². The van der Waals surface area contributed by atoms with E-state index in [1.54, 1.807) is 18.3 Å². The van der Waals surface area contributed by atoms with Crippen molar-refractivity contribution in [2.24, 2.45) is 0 Å². The smallest absolute Gasteiger partial charge is 0.207 e. The third-order valence-corrected chi connectivity index (χ3v) is 3.13. The van der Waals surface area contributed by atoms with Crippen LogP contribution < -0.4 is 5.32 Å². The quantitative estimate of drug-likeness (QED) is 0.561. The Bertz CT molecular complexity index is 319. The Balaban J connectivity index is 2.78. The molecule has 1 atom stereocenters. The molecule has 0 aromatic carbocycles. The molecule has 1 aromatic rings. The van der Waals surface area contributed by atoms with Gasteiger partial charge >= 0.3 is 0 Å². The van der Waals surface area contributed by atoms with Gasteiger partial charge in [-0.3, -0.25) is 4.79 Å². The van der Waals surface area contributed by atoms with Gasteiger partial charge in [-0.2, -0.15) is 0 Å². The lowest BCUT2D eigenvalue weighted by atomic mass is 10.2. The molecule has 0 bridgehead atoms. The summed E-state index contributed by atoms with van der Waals surface area (Å²) in [6.45, 7) is 3.68. The van der Waals surface area contributed by atoms with Crippen molar-refractivity contribution < 1.29 is 4.79 Å². The minimum absolute atomic E-state index is 0.0376. The minimum Gasteiger partial charge on any atom is -0.351 e. The molecule has 3 nitrogen and oxygen atoms in total. The van der Waals surface area contributed by atoms with Crippen LogP contribution in [-0.4, -0.2) is 12.1 Å². The predicted molar refractivity (Wildman–Crippen MR) is 54.4 cm³/mol. The normalized spacial score (nSPS) is 12.2. The standard InChI is InChI=1S/C9H12N2OS/c1-6(10)8-3-4-9(13-8)7(2)11-5-12/h3-5,7,10H,1-2H3,(H,11,12). The molecule has 1 aromatic heterocycles. The van der Waals surface area contributed by atoms with Gasteiger partial charge in [-0.15, -0.1) is 11.3 Å². The third kappa shape index (κ3) is 2.39. The molecule has 0 saturated carbocycles. The molecule has 0 spiro atoms. The van der Waals surface area contributed by atoms with Crippen molar-refractivity contribution >= 4 is 23.5 Å². The zero-order valence-corrected chi connectivity index (χ0v) is 8.44. The van der Waals surface area contributed by atoms with Gasteiger partial charge < -0.3 is 10.7 Å². The second kappa shape index (κ2) is 4.18. The van der Waals surface area contributed by atoms with Crippen molar-refractivity contribution in [3.63, 3.8) is 0 Å². The highest BCUT2D eigenvalue weighted by atomic mass is 32.1. The second-order valence-corrected chi connectivity index (χ2v) is 3.95. The lowest BCUT2D eigenvalue weighted by Gasteiger charge is -2.05. The van der Waals surface area contributed by atoms with E-state index in [1.165, 1.54) is 0 Å². The highest BCUT2D eigenvalue weighted by Gasteiger charge is 2.07. The largest absolute Gasteiger partial charge is 0.351 e. The van der Waals surface area contributed by atoms with E-state index in [0.717, 1.165) is 9.75 Å². The van der Waals surface area contributed by atoms with Crippen molar-refractivity contribution in [1.82, 2.24) is 5.32 Å². The number of rotatable bonds is 4. The van der Waals surface area contributed by atoms with Crippen LogP contribution in [0.5, 0.6) is 0 Å². The molecule has 1 amide bonds. The lowest BCUT2D eigenvalue weighted by Crippen LogP contribution is -2.14. The van der Waals surface area contributed by atoms with Gasteiger partial charge in [0.25, 0.3) is 0 Å². The van der Waals surface area contributed by atoms with Crippen LogP contribution in [0.4, 0.5) is 0 Å². The summed E-state index contributed by atoms with van der Waals surface area (Å²) in [6, 6.07) is 3.89. The van der Waals surface area contributed by atoms with Crippen LogP contribution >= 0.6 is 11.3 Å². The van der Waals surface area contributed by atoms with Crippen LogP contribution in [0.3, 0.4) is 0 Å². The summed E-state index contributed by atoms with van der Waals surface area (Å²) in [7, 11) is 0. The summed E-state index contributed by atoms with van der Waals surface area (Å²) >= 11 is 1.54. The SMILES string of the molecule is CC(=N)c1ccc(C(C)NC=O)s1. The van der Waals surface area contributed by atoms with Crippen LogP contribution in [0, 0.1) is 5.41 Å². The average molecular weight is 196 g/mol. The fourth-order valence-electron chi connectivity index (χ4n) is 0.971. The van der Waals surface area contributed by atoms with Crippen molar-refractivity contribution in [1.29, 1.82) is 5.41 Å². The topological polar surface area (TPSA) is 53.0 Å². The van der Waals surface area contributed by atoms with Crippen LogP contribution in [0.15, 0.2) is 12.1 Å². The summed E-state index contributed by atoms with van der Waals surface area (Å²) in [6.07, 6.45) is 0.696. The highest BCUT2D eigenvalue weighted by Crippen LogP contribution is 2.22. The molecule has 0 aliphatic rings. The average Bonchev–Trinajstić information content (AvgIpc) is 2.52. The molecular weight excluding hydrogens is 184 g/mol. The predicted octanol–water partition coefficient (Wildman–Crippen LogP) is 1.94. The molecule has 4 heteroatoms. The second-order valence-electron chi connectivity index (χ2n) is 2.83. The molecule has 0 saturated heterocycles. The maximum atomic E-state index is 10.2. The monoisotopic (exact) mass is 196 g/mol. The fraction of sp³-hybridized carbons (Fsp3) is 0.333. The van der Waals surface area contributed by atoms with Crippen LogP contribution in [0.2, 0.25) is 0 Å². The highest BCUT2D eigenvalue weighted by molar-refractivity contribution is 7.14. The molecule has 0 fully saturated rings. The van der Waals surface area contributed by atoms with Crippen LogP contribution in [0.25, 0.3) is 0 Å². The van der Waals surface area contributed by atoms with Gasteiger partial charge in [0.15, 0.2) is 0 Å². The zero-order valence-electron chi connectivity index (χ0n) is 7.63. The molecule has 1 unspecified atom stereocenters. The minimum atomic E-state index is 0.0376. The van der Waals surface area contributed by atoms with E-state index >= 15 is 0 Å². The van der Waals surface area contributed by atoms with Gasteiger partial charge in [-0.05, 0) is 26.0 Å². The van der Waals surface area contributed by atoms with E-state index in [1.807, 2.05) is 19.1 Å². The van der Waals surface area contributed by atoms with E-state index in [9.17, 15) is 4.79 Å². The molecule has 1 heterocycles. The first kappa shape index (κ1) is 9.92. The Kier molecular flexibility index (Phi) is 3.19. The maximum Gasteiger partial charge on any atom is 0.207 e. The summed E-state index contributed by atoms with van der Waals surface area (Å²) < 4.78 is 0. The first-order valence-corrected chi connectivity index (χ1v) is 4.81. The maximum absolute atomic E-state index is 10.2. The van der Waals surface area contributed by atoms with Crippen molar-refractivity contribution in [3.05, 3.63) is 21.9 Å². The molecule has 0 aliphatic heterocycles. The van der Waals surface area contributed by atoms with Gasteiger partial charge in [0.2, 0.25) is 6.41 Å². The van der Waals surface area contributed by atoms with Crippen molar-refractivity contribution in [2.45, 2.75) is 19.9 Å². The number of hydrogen-bond acceptors (Lipinski definition) is 3. The Hall–Kier alpha value is -1.16. The summed E-state index contributed by atoms with van der Waals surface area (Å²) in [5, 5.41) is 10.1. The fourth-order valence-corrected chi connectivity index (χ4v) is 1.90. The van der Waals surface area contributed by atoms with Crippen LogP contribution in [-0.2, 0) is 4.79 Å². The number of amides is 1. The first-order valence-electron chi connectivity index (χ1n) is 4.00. The molecule has 0 radical (unpaired) electrons. The number of hydrogen-bond donors (Lipinski definition) is 2. The summed E-state index contributed by atoms with van der Waals surface area (Å²) in [5.41, 5.74) is 0.564. The van der Waals surface area contributed by atoms with Gasteiger partial charge in [-0.25, -0.2) is 0 Å². The number of carbonyl (C=O) groups is 1. The Labute approximate surface area is 81.3 Å². The summed E-state index contributed by atoms with van der Waals surface area (Å²) in [5.74, 6) is 0. The zero-order chi connectivity index (χ0) is 9.84. The molecular formula is C9H12N2OS. The lowest BCUT2D eigenvalue weighted by molar-refractivity contribution is -0.110. The summed E-state index contributed by atoms with van der Waals surface area (Å²) in [4.78, 5) is 12.2. The molecule has 1 rings (SSSR count). The third-order valence-electron chi connectivity index (χ3n) is 1.74.